The summed E-state index contributed by atoms with van der Waals surface area (Å²) in [5, 5.41) is 27.3. The van der Waals surface area contributed by atoms with E-state index in [2.05, 4.69) is 5.32 Å². The van der Waals surface area contributed by atoms with E-state index in [1.165, 1.54) is 7.05 Å². The lowest BCUT2D eigenvalue weighted by Gasteiger charge is -2.02. The molecule has 0 atom stereocenters. The Labute approximate surface area is 47.4 Å². The molecule has 0 radical (unpaired) electrons. The fourth-order valence-electron chi connectivity index (χ4n) is 0.201. The molecule has 0 aromatic heterocycles. The Morgan fingerprint density at radius 1 is 1.62 bits per heavy atom. The predicted molar refractivity (Wildman–Crippen MR) is 30.1 cm³/mol. The lowest BCUT2D eigenvalue weighted by Crippen LogP contribution is -2.44. The highest BCUT2D eigenvalue weighted by molar-refractivity contribution is 6.42. The van der Waals surface area contributed by atoms with Gasteiger partial charge in [-0.05, 0) is 0 Å². The molecule has 46 valence electrons. The van der Waals surface area contributed by atoms with Crippen LogP contribution in [0.1, 0.15) is 0 Å². The van der Waals surface area contributed by atoms with E-state index in [0.29, 0.717) is 0 Å². The summed E-state index contributed by atoms with van der Waals surface area (Å²) < 4.78 is 0. The maximum atomic E-state index is 8.12. The average molecular weight is 117 g/mol. The fourth-order valence-corrected chi connectivity index (χ4v) is 0.201. The minimum atomic E-state index is -1.66. The lowest BCUT2D eigenvalue weighted by atomic mass is 10.2. The molecule has 0 saturated carbocycles. The lowest BCUT2D eigenvalue weighted by molar-refractivity contribution is 0.398. The molecule has 0 aliphatic rings. The molecule has 0 amide bonds. The van der Waals surface area contributed by atoms with Gasteiger partial charge in [0, 0.05) is 7.05 Å². The van der Waals surface area contributed by atoms with Crippen LogP contribution in [0.15, 0.2) is 0 Å². The molecule has 0 spiro atoms. The monoisotopic (exact) mass is 117 g/mol. The van der Waals surface area contributed by atoms with Gasteiger partial charge in [-0.1, -0.05) is 0 Å². The van der Waals surface area contributed by atoms with E-state index in [-0.39, 0.29) is 5.96 Å². The second-order valence-corrected chi connectivity index (χ2v) is 1.14. The quantitative estimate of drug-likeness (QED) is 0.152. The van der Waals surface area contributed by atoms with Gasteiger partial charge in [-0.25, -0.2) is 0 Å². The summed E-state index contributed by atoms with van der Waals surface area (Å²) in [7, 11) is -0.160. The zero-order valence-electron chi connectivity index (χ0n) is 4.47. The molecule has 0 rings (SSSR count). The van der Waals surface area contributed by atoms with Crippen LogP contribution < -0.4 is 10.5 Å². The summed E-state index contributed by atoms with van der Waals surface area (Å²) in [5.74, 6) is -0.125. The molecule has 6 heteroatoms. The van der Waals surface area contributed by atoms with E-state index in [9.17, 15) is 0 Å². The van der Waals surface area contributed by atoms with Gasteiger partial charge in [-0.15, -0.1) is 0 Å². The second-order valence-electron chi connectivity index (χ2n) is 1.14. The standard InChI is InChI=1S/C2H8BN3O2/c1-5-2(4)6-3(7)8/h7-8H,1H3,(H3,4,5,6). The van der Waals surface area contributed by atoms with Crippen molar-refractivity contribution in [2.45, 2.75) is 0 Å². The van der Waals surface area contributed by atoms with Crippen LogP contribution in [0.3, 0.4) is 0 Å². The Morgan fingerprint density at radius 3 is 2.25 bits per heavy atom. The number of nitrogens with one attached hydrogen (secondary N) is 3. The first-order valence-electron chi connectivity index (χ1n) is 2.06. The fraction of sp³-hybridized carbons (Fsp3) is 0.500. The zero-order chi connectivity index (χ0) is 6.57. The Kier molecular flexibility index (Phi) is 2.98. The van der Waals surface area contributed by atoms with E-state index in [4.69, 9.17) is 15.5 Å². The van der Waals surface area contributed by atoms with E-state index >= 15 is 0 Å². The van der Waals surface area contributed by atoms with Crippen LogP contribution in [0.5, 0.6) is 0 Å². The van der Waals surface area contributed by atoms with Gasteiger partial charge < -0.3 is 20.6 Å². The van der Waals surface area contributed by atoms with Crippen molar-refractivity contribution in [1.82, 2.24) is 10.5 Å². The van der Waals surface area contributed by atoms with Crippen LogP contribution in [-0.4, -0.2) is 30.3 Å². The molecule has 0 aromatic carbocycles. The third kappa shape index (κ3) is 3.45. The molecular formula is C2H8BN3O2. The van der Waals surface area contributed by atoms with Gasteiger partial charge in [0.05, 0.1) is 0 Å². The molecule has 0 heterocycles. The van der Waals surface area contributed by atoms with Crippen molar-refractivity contribution in [2.75, 3.05) is 7.05 Å². The number of rotatable bonds is 1. The molecular weight excluding hydrogens is 109 g/mol. The molecule has 0 unspecified atom stereocenters. The first kappa shape index (κ1) is 7.25. The molecule has 0 saturated heterocycles. The minimum absolute atomic E-state index is 0.125. The Bertz CT molecular complexity index is 85.4. The van der Waals surface area contributed by atoms with Crippen LogP contribution in [0.2, 0.25) is 0 Å². The highest BCUT2D eigenvalue weighted by atomic mass is 16.4. The van der Waals surface area contributed by atoms with E-state index in [1.54, 1.807) is 0 Å². The van der Waals surface area contributed by atoms with E-state index < -0.39 is 7.25 Å². The predicted octanol–water partition coefficient (Wildman–Crippen LogP) is -2.30. The normalized spacial score (nSPS) is 7.88. The molecule has 0 bridgehead atoms. The van der Waals surface area contributed by atoms with Crippen LogP contribution in [0, 0.1) is 5.41 Å². The molecule has 5 N–H and O–H groups in total. The Hall–Kier alpha value is -0.745. The van der Waals surface area contributed by atoms with Crippen LogP contribution in [0.4, 0.5) is 0 Å². The maximum absolute atomic E-state index is 8.12. The number of guanidine groups is 1. The van der Waals surface area contributed by atoms with Crippen molar-refractivity contribution in [2.24, 2.45) is 0 Å². The van der Waals surface area contributed by atoms with Gasteiger partial charge in [0.15, 0.2) is 5.96 Å². The Morgan fingerprint density at radius 2 is 2.12 bits per heavy atom. The van der Waals surface area contributed by atoms with Gasteiger partial charge in [0.1, 0.15) is 0 Å². The van der Waals surface area contributed by atoms with E-state index in [1.807, 2.05) is 5.23 Å². The van der Waals surface area contributed by atoms with E-state index in [0.717, 1.165) is 0 Å². The third-order valence-corrected chi connectivity index (χ3v) is 0.523. The van der Waals surface area contributed by atoms with Gasteiger partial charge in [-0.2, -0.15) is 0 Å². The van der Waals surface area contributed by atoms with Gasteiger partial charge in [0.25, 0.3) is 0 Å². The molecule has 8 heavy (non-hydrogen) atoms. The third-order valence-electron chi connectivity index (χ3n) is 0.523. The number of hydrogen-bond donors (Lipinski definition) is 5. The molecule has 0 aliphatic carbocycles. The average Bonchev–Trinajstić information content (AvgIpc) is 1.65. The molecule has 0 aliphatic heterocycles. The topological polar surface area (TPSA) is 88.4 Å². The minimum Gasteiger partial charge on any atom is -0.408 e. The SMILES string of the molecule is CNC(=N)NB(O)O. The summed E-state index contributed by atoms with van der Waals surface area (Å²) in [5.41, 5.74) is 0. The smallest absolute Gasteiger partial charge is 0.408 e. The summed E-state index contributed by atoms with van der Waals surface area (Å²) in [6.07, 6.45) is 0. The number of hydrogen-bond acceptors (Lipinski definition) is 3. The van der Waals surface area contributed by atoms with Crippen molar-refractivity contribution in [3.8, 4) is 0 Å². The molecule has 0 aromatic rings. The van der Waals surface area contributed by atoms with Crippen molar-refractivity contribution < 1.29 is 10.0 Å². The van der Waals surface area contributed by atoms with Crippen molar-refractivity contribution in [3.63, 3.8) is 0 Å². The highest BCUT2D eigenvalue weighted by Crippen LogP contribution is 1.56. The van der Waals surface area contributed by atoms with Crippen molar-refractivity contribution in [3.05, 3.63) is 0 Å². The highest BCUT2D eigenvalue weighted by Gasteiger charge is 2.06. The summed E-state index contributed by atoms with van der Waals surface area (Å²) in [6, 6.07) is 0. The van der Waals surface area contributed by atoms with Crippen LogP contribution in [0.25, 0.3) is 0 Å². The van der Waals surface area contributed by atoms with Crippen LogP contribution >= 0.6 is 0 Å². The maximum Gasteiger partial charge on any atom is 0.587 e. The largest absolute Gasteiger partial charge is 0.587 e. The second kappa shape index (κ2) is 3.28. The van der Waals surface area contributed by atoms with Crippen LogP contribution in [-0.2, 0) is 0 Å². The van der Waals surface area contributed by atoms with Gasteiger partial charge >= 0.3 is 7.25 Å². The summed E-state index contributed by atoms with van der Waals surface area (Å²) in [4.78, 5) is 0. The first-order valence-corrected chi connectivity index (χ1v) is 2.06. The Balaban J connectivity index is 3.25. The zero-order valence-corrected chi connectivity index (χ0v) is 4.47. The van der Waals surface area contributed by atoms with Gasteiger partial charge in [0.2, 0.25) is 0 Å². The van der Waals surface area contributed by atoms with Crippen molar-refractivity contribution in [1.29, 1.82) is 5.41 Å². The first-order chi connectivity index (χ1) is 3.66. The molecule has 5 nitrogen and oxygen atoms in total. The summed E-state index contributed by atoms with van der Waals surface area (Å²) >= 11 is 0. The summed E-state index contributed by atoms with van der Waals surface area (Å²) in [6.45, 7) is 0. The molecule has 0 fully saturated rings. The van der Waals surface area contributed by atoms with Crippen molar-refractivity contribution >= 4 is 13.2 Å². The van der Waals surface area contributed by atoms with Gasteiger partial charge in [-0.3, -0.25) is 5.41 Å².